The fourth-order valence-corrected chi connectivity index (χ4v) is 4.65. The largest absolute Gasteiger partial charge is 0.352 e. The van der Waals surface area contributed by atoms with Crippen molar-refractivity contribution in [2.75, 3.05) is 19.6 Å². The van der Waals surface area contributed by atoms with Gasteiger partial charge >= 0.3 is 0 Å². The van der Waals surface area contributed by atoms with Crippen LogP contribution in [0.4, 0.5) is 0 Å². The molecule has 3 aliphatic rings. The van der Waals surface area contributed by atoms with Crippen molar-refractivity contribution in [1.82, 2.24) is 15.2 Å². The first-order valence-corrected chi connectivity index (χ1v) is 9.79. The molecule has 1 saturated heterocycles. The Morgan fingerprint density at radius 2 is 2.04 bits per heavy atom. The zero-order valence-corrected chi connectivity index (χ0v) is 15.0. The van der Waals surface area contributed by atoms with E-state index in [9.17, 15) is 4.79 Å². The van der Waals surface area contributed by atoms with Gasteiger partial charge in [0.1, 0.15) is 0 Å². The van der Waals surface area contributed by atoms with E-state index in [2.05, 4.69) is 27.4 Å². The summed E-state index contributed by atoms with van der Waals surface area (Å²) in [4.78, 5) is 19.2. The molecule has 1 aliphatic heterocycles. The van der Waals surface area contributed by atoms with Gasteiger partial charge in [0.05, 0.1) is 0 Å². The highest BCUT2D eigenvalue weighted by Gasteiger charge is 2.58. The van der Waals surface area contributed by atoms with Crippen LogP contribution in [0.15, 0.2) is 36.7 Å². The molecule has 1 aromatic rings. The second-order valence-corrected chi connectivity index (χ2v) is 8.14. The van der Waals surface area contributed by atoms with Crippen LogP contribution in [0, 0.1) is 17.3 Å². The Kier molecular flexibility index (Phi) is 4.89. The molecule has 2 heterocycles. The molecule has 2 aliphatic carbocycles. The molecule has 0 bridgehead atoms. The number of rotatable bonds is 5. The zero-order valence-electron chi connectivity index (χ0n) is 15.0. The van der Waals surface area contributed by atoms with Gasteiger partial charge in [0.25, 0.3) is 0 Å². The molecule has 4 rings (SSSR count). The van der Waals surface area contributed by atoms with Crippen molar-refractivity contribution in [3.63, 3.8) is 0 Å². The van der Waals surface area contributed by atoms with E-state index in [-0.39, 0.29) is 11.8 Å². The molecular weight excluding hydrogens is 310 g/mol. The third-order valence-corrected chi connectivity index (χ3v) is 6.47. The molecule has 2 atom stereocenters. The van der Waals surface area contributed by atoms with Crippen LogP contribution in [-0.4, -0.2) is 35.4 Å². The van der Waals surface area contributed by atoms with Gasteiger partial charge < -0.3 is 10.2 Å². The van der Waals surface area contributed by atoms with Gasteiger partial charge in [-0.2, -0.15) is 0 Å². The average molecular weight is 339 g/mol. The number of likely N-dealkylation sites (tertiary alicyclic amines) is 1. The summed E-state index contributed by atoms with van der Waals surface area (Å²) in [7, 11) is 0. The first-order valence-electron chi connectivity index (χ1n) is 9.79. The molecule has 4 nitrogen and oxygen atoms in total. The number of aromatic nitrogens is 1. The van der Waals surface area contributed by atoms with Crippen LogP contribution >= 0.6 is 0 Å². The lowest BCUT2D eigenvalue weighted by Crippen LogP contribution is -2.39. The fraction of sp³-hybridized carbons (Fsp3) is 0.619. The highest BCUT2D eigenvalue weighted by atomic mass is 16.2. The highest BCUT2D eigenvalue weighted by molar-refractivity contribution is 5.82. The molecule has 2 fully saturated rings. The van der Waals surface area contributed by atoms with Crippen molar-refractivity contribution in [2.45, 2.75) is 45.1 Å². The smallest absolute Gasteiger partial charge is 0.223 e. The van der Waals surface area contributed by atoms with Gasteiger partial charge in [-0.25, -0.2) is 0 Å². The minimum absolute atomic E-state index is 0.245. The van der Waals surface area contributed by atoms with E-state index in [0.717, 1.165) is 17.9 Å². The molecule has 0 aromatic carbocycles. The maximum atomic E-state index is 12.5. The Balaban J connectivity index is 1.21. The van der Waals surface area contributed by atoms with Gasteiger partial charge in [0.15, 0.2) is 0 Å². The molecule has 0 radical (unpaired) electrons. The van der Waals surface area contributed by atoms with Crippen molar-refractivity contribution in [3.8, 4) is 0 Å². The number of hydrogen-bond acceptors (Lipinski definition) is 3. The molecule has 2 unspecified atom stereocenters. The second-order valence-electron chi connectivity index (χ2n) is 8.14. The molecule has 25 heavy (non-hydrogen) atoms. The van der Waals surface area contributed by atoms with E-state index in [4.69, 9.17) is 0 Å². The Bertz CT molecular complexity index is 619. The van der Waals surface area contributed by atoms with Crippen LogP contribution in [0.5, 0.6) is 0 Å². The third kappa shape index (κ3) is 3.95. The lowest BCUT2D eigenvalue weighted by Gasteiger charge is -2.35. The normalized spacial score (nSPS) is 28.0. The number of piperidine rings is 1. The number of pyridine rings is 1. The average Bonchev–Trinajstić information content (AvgIpc) is 3.37. The van der Waals surface area contributed by atoms with Crippen LogP contribution in [0.25, 0.3) is 0 Å². The SMILES string of the molecule is O=C(NCc1ccncc1)C1CC12CCN(CC1CC=CCC1)CC2. The number of nitrogens with one attached hydrogen (secondary N) is 1. The van der Waals surface area contributed by atoms with Gasteiger partial charge in [0.2, 0.25) is 5.91 Å². The summed E-state index contributed by atoms with van der Waals surface area (Å²) >= 11 is 0. The topological polar surface area (TPSA) is 45.2 Å². The molecule has 134 valence electrons. The first kappa shape index (κ1) is 16.8. The maximum absolute atomic E-state index is 12.5. The van der Waals surface area contributed by atoms with Crippen LogP contribution in [0.3, 0.4) is 0 Å². The van der Waals surface area contributed by atoms with E-state index in [0.29, 0.717) is 12.0 Å². The van der Waals surface area contributed by atoms with Gasteiger partial charge in [-0.15, -0.1) is 0 Å². The monoisotopic (exact) mass is 339 g/mol. The molecule has 1 saturated carbocycles. The van der Waals surface area contributed by atoms with Crippen molar-refractivity contribution < 1.29 is 4.79 Å². The number of carbonyl (C=O) groups is 1. The summed E-state index contributed by atoms with van der Waals surface area (Å²) in [6.07, 6.45) is 15.6. The fourth-order valence-electron chi connectivity index (χ4n) is 4.65. The molecular formula is C21H29N3O. The van der Waals surface area contributed by atoms with E-state index < -0.39 is 0 Å². The minimum Gasteiger partial charge on any atom is -0.352 e. The lowest BCUT2D eigenvalue weighted by molar-refractivity contribution is -0.123. The van der Waals surface area contributed by atoms with Crippen molar-refractivity contribution in [3.05, 3.63) is 42.2 Å². The molecule has 4 heteroatoms. The Labute approximate surface area is 150 Å². The Morgan fingerprint density at radius 3 is 2.76 bits per heavy atom. The summed E-state index contributed by atoms with van der Waals surface area (Å²) in [5, 5.41) is 3.12. The number of allylic oxidation sites excluding steroid dienone is 2. The van der Waals surface area contributed by atoms with E-state index >= 15 is 0 Å². The first-order chi connectivity index (χ1) is 12.3. The predicted octanol–water partition coefficient (Wildman–Crippen LogP) is 3.16. The Morgan fingerprint density at radius 1 is 1.24 bits per heavy atom. The number of nitrogens with zero attached hydrogens (tertiary/aromatic N) is 2. The van der Waals surface area contributed by atoms with E-state index in [1.54, 1.807) is 12.4 Å². The molecule has 1 N–H and O–H groups in total. The van der Waals surface area contributed by atoms with Crippen molar-refractivity contribution in [1.29, 1.82) is 0 Å². The number of amides is 1. The molecule has 1 aromatic heterocycles. The van der Waals surface area contributed by atoms with Gasteiger partial charge in [-0.05, 0) is 80.6 Å². The van der Waals surface area contributed by atoms with Crippen molar-refractivity contribution in [2.24, 2.45) is 17.3 Å². The van der Waals surface area contributed by atoms with E-state index in [1.165, 1.54) is 51.7 Å². The Hall–Kier alpha value is -1.68. The van der Waals surface area contributed by atoms with Gasteiger partial charge in [-0.1, -0.05) is 12.2 Å². The van der Waals surface area contributed by atoms with Crippen LogP contribution < -0.4 is 5.32 Å². The molecule has 1 spiro atoms. The highest BCUT2D eigenvalue weighted by Crippen LogP contribution is 2.59. The van der Waals surface area contributed by atoms with Crippen LogP contribution in [0.2, 0.25) is 0 Å². The standard InChI is InChI=1S/C21H29N3O/c25-20(23-15-17-6-10-22-11-7-17)19-14-21(19)8-12-24(13-9-21)16-18-4-2-1-3-5-18/h1-2,6-7,10-11,18-19H,3-5,8-9,12-16H2,(H,23,25). The summed E-state index contributed by atoms with van der Waals surface area (Å²) in [5.74, 6) is 1.34. The lowest BCUT2D eigenvalue weighted by atomic mass is 9.88. The number of hydrogen-bond donors (Lipinski definition) is 1. The van der Waals surface area contributed by atoms with Crippen LogP contribution in [-0.2, 0) is 11.3 Å². The summed E-state index contributed by atoms with van der Waals surface area (Å²) in [5.41, 5.74) is 1.43. The van der Waals surface area contributed by atoms with Crippen molar-refractivity contribution >= 4 is 5.91 Å². The second kappa shape index (κ2) is 7.28. The molecule has 1 amide bonds. The van der Waals surface area contributed by atoms with Gasteiger partial charge in [-0.3, -0.25) is 9.78 Å². The minimum atomic E-state index is 0.245. The van der Waals surface area contributed by atoms with E-state index in [1.807, 2.05) is 12.1 Å². The van der Waals surface area contributed by atoms with Crippen LogP contribution in [0.1, 0.15) is 44.1 Å². The zero-order chi connectivity index (χ0) is 17.1. The number of carbonyl (C=O) groups excluding carboxylic acids is 1. The summed E-state index contributed by atoms with van der Waals surface area (Å²) in [6, 6.07) is 3.92. The van der Waals surface area contributed by atoms with Gasteiger partial charge in [0, 0.05) is 31.4 Å². The predicted molar refractivity (Wildman–Crippen MR) is 98.8 cm³/mol. The third-order valence-electron chi connectivity index (χ3n) is 6.47. The summed E-state index contributed by atoms with van der Waals surface area (Å²) in [6.45, 7) is 4.22. The quantitative estimate of drug-likeness (QED) is 0.838. The summed E-state index contributed by atoms with van der Waals surface area (Å²) < 4.78 is 0. The maximum Gasteiger partial charge on any atom is 0.223 e.